The van der Waals surface area contributed by atoms with Crippen LogP contribution in [0.5, 0.6) is 0 Å². The van der Waals surface area contributed by atoms with Gasteiger partial charge in [0.1, 0.15) is 5.54 Å². The zero-order valence-corrected chi connectivity index (χ0v) is 11.7. The summed E-state index contributed by atoms with van der Waals surface area (Å²) >= 11 is 0. The molecule has 0 saturated carbocycles. The Morgan fingerprint density at radius 3 is 2.67 bits per heavy atom. The second-order valence-corrected chi connectivity index (χ2v) is 5.53. The van der Waals surface area contributed by atoms with Crippen molar-refractivity contribution in [3.63, 3.8) is 0 Å². The van der Waals surface area contributed by atoms with E-state index in [0.29, 0.717) is 25.7 Å². The molecule has 2 heterocycles. The summed E-state index contributed by atoms with van der Waals surface area (Å²) in [5.41, 5.74) is 9.41. The molecule has 2 aliphatic heterocycles. The average Bonchev–Trinajstić information content (AvgIpc) is 2.86. The lowest BCUT2D eigenvalue weighted by molar-refractivity contribution is 0.0599. The number of fused-ring (bicyclic) bond motifs is 2. The highest BCUT2D eigenvalue weighted by Gasteiger charge is 2.47. The lowest BCUT2D eigenvalue weighted by Gasteiger charge is -2.42. The van der Waals surface area contributed by atoms with Crippen molar-refractivity contribution in [1.82, 2.24) is 0 Å². The van der Waals surface area contributed by atoms with E-state index in [9.17, 15) is 0 Å². The molecular formula is C17H17N3O. The molecule has 4 heteroatoms. The molecule has 4 nitrogen and oxygen atoms in total. The Morgan fingerprint density at radius 1 is 1.05 bits per heavy atom. The minimum Gasteiger partial charge on any atom is -0.374 e. The highest BCUT2D eigenvalue weighted by Crippen LogP contribution is 2.41. The fourth-order valence-electron chi connectivity index (χ4n) is 3.35. The van der Waals surface area contributed by atoms with Crippen LogP contribution in [0.2, 0.25) is 0 Å². The number of hydrogen-bond donors (Lipinski definition) is 1. The van der Waals surface area contributed by atoms with Crippen molar-refractivity contribution in [3.05, 3.63) is 65.7 Å². The number of nitrogens with two attached hydrogens (primary N) is 1. The van der Waals surface area contributed by atoms with Gasteiger partial charge in [0.2, 0.25) is 0 Å². The fourth-order valence-corrected chi connectivity index (χ4v) is 3.35. The molecule has 0 radical (unpaired) electrons. The zero-order valence-electron chi connectivity index (χ0n) is 11.7. The van der Waals surface area contributed by atoms with E-state index in [4.69, 9.17) is 10.5 Å². The molecule has 1 unspecified atom stereocenters. The van der Waals surface area contributed by atoms with Gasteiger partial charge in [-0.1, -0.05) is 42.5 Å². The maximum absolute atomic E-state index is 6.19. The first-order valence-corrected chi connectivity index (χ1v) is 7.13. The number of aliphatic imine (C=N–C) groups is 1. The SMILES string of the molecule is NC1=NCC2(COCc3ccccc32)N1c1ccccc1. The Labute approximate surface area is 123 Å². The van der Waals surface area contributed by atoms with Gasteiger partial charge in [-0.25, -0.2) is 0 Å². The van der Waals surface area contributed by atoms with Crippen LogP contribution in [-0.2, 0) is 16.9 Å². The zero-order chi connectivity index (χ0) is 14.3. The van der Waals surface area contributed by atoms with Crippen molar-refractivity contribution in [2.45, 2.75) is 12.1 Å². The van der Waals surface area contributed by atoms with Gasteiger partial charge in [-0.2, -0.15) is 0 Å². The summed E-state index contributed by atoms with van der Waals surface area (Å²) in [7, 11) is 0. The third-order valence-corrected chi connectivity index (χ3v) is 4.29. The Morgan fingerprint density at radius 2 is 1.81 bits per heavy atom. The topological polar surface area (TPSA) is 50.9 Å². The fraction of sp³-hybridized carbons (Fsp3) is 0.235. The van der Waals surface area contributed by atoms with Gasteiger partial charge in [0.05, 0.1) is 19.8 Å². The second-order valence-electron chi connectivity index (χ2n) is 5.53. The van der Waals surface area contributed by atoms with E-state index in [1.165, 1.54) is 11.1 Å². The van der Waals surface area contributed by atoms with Crippen molar-refractivity contribution in [2.75, 3.05) is 18.1 Å². The number of guanidine groups is 1. The third-order valence-electron chi connectivity index (χ3n) is 4.29. The smallest absolute Gasteiger partial charge is 0.196 e. The minimum atomic E-state index is -0.319. The predicted molar refractivity (Wildman–Crippen MR) is 83.2 cm³/mol. The van der Waals surface area contributed by atoms with Crippen molar-refractivity contribution in [1.29, 1.82) is 0 Å². The van der Waals surface area contributed by atoms with Crippen molar-refractivity contribution in [3.8, 4) is 0 Å². The van der Waals surface area contributed by atoms with Crippen LogP contribution in [0, 0.1) is 0 Å². The summed E-state index contributed by atoms with van der Waals surface area (Å²) < 4.78 is 5.86. The third kappa shape index (κ3) is 1.76. The summed E-state index contributed by atoms with van der Waals surface area (Å²) in [6.07, 6.45) is 0. The van der Waals surface area contributed by atoms with Gasteiger partial charge in [-0.15, -0.1) is 0 Å². The number of para-hydroxylation sites is 1. The van der Waals surface area contributed by atoms with Crippen molar-refractivity contribution >= 4 is 11.6 Å². The van der Waals surface area contributed by atoms with Gasteiger partial charge in [0, 0.05) is 5.69 Å². The van der Waals surface area contributed by atoms with Gasteiger partial charge in [0.15, 0.2) is 5.96 Å². The average molecular weight is 279 g/mol. The molecule has 1 atom stereocenters. The Kier molecular flexibility index (Phi) is 2.72. The first kappa shape index (κ1) is 12.4. The van der Waals surface area contributed by atoms with Gasteiger partial charge < -0.3 is 10.5 Å². The summed E-state index contributed by atoms with van der Waals surface area (Å²) in [6.45, 7) is 1.88. The number of rotatable bonds is 1. The minimum absolute atomic E-state index is 0.319. The number of ether oxygens (including phenoxy) is 1. The van der Waals surface area contributed by atoms with Crippen LogP contribution in [0.4, 0.5) is 5.69 Å². The lowest BCUT2D eigenvalue weighted by atomic mass is 9.84. The van der Waals surface area contributed by atoms with Crippen LogP contribution >= 0.6 is 0 Å². The van der Waals surface area contributed by atoms with E-state index < -0.39 is 0 Å². The van der Waals surface area contributed by atoms with Gasteiger partial charge in [-0.3, -0.25) is 9.89 Å². The summed E-state index contributed by atoms with van der Waals surface area (Å²) in [5, 5.41) is 0. The number of hydrogen-bond acceptors (Lipinski definition) is 4. The quantitative estimate of drug-likeness (QED) is 0.871. The van der Waals surface area contributed by atoms with Gasteiger partial charge in [0.25, 0.3) is 0 Å². The molecule has 4 rings (SSSR count). The normalized spacial score (nSPS) is 24.0. The van der Waals surface area contributed by atoms with Crippen LogP contribution in [-0.4, -0.2) is 19.1 Å². The Hall–Kier alpha value is -2.33. The number of anilines is 1. The molecule has 21 heavy (non-hydrogen) atoms. The van der Waals surface area contributed by atoms with Crippen LogP contribution in [0.15, 0.2) is 59.6 Å². The van der Waals surface area contributed by atoms with Crippen LogP contribution in [0.3, 0.4) is 0 Å². The molecule has 1 spiro atoms. The first-order chi connectivity index (χ1) is 10.3. The molecule has 0 bridgehead atoms. The Balaban J connectivity index is 1.89. The number of nitrogens with zero attached hydrogens (tertiary/aromatic N) is 2. The summed E-state index contributed by atoms with van der Waals surface area (Å²) in [6, 6.07) is 18.6. The van der Waals surface area contributed by atoms with Gasteiger partial charge >= 0.3 is 0 Å². The molecule has 0 amide bonds. The highest BCUT2D eigenvalue weighted by molar-refractivity contribution is 5.98. The summed E-state index contributed by atoms with van der Waals surface area (Å²) in [4.78, 5) is 6.63. The molecule has 0 saturated heterocycles. The second kappa shape index (κ2) is 4.60. The lowest BCUT2D eigenvalue weighted by Crippen LogP contribution is -2.54. The van der Waals surface area contributed by atoms with E-state index in [1.807, 2.05) is 24.3 Å². The first-order valence-electron chi connectivity index (χ1n) is 7.13. The van der Waals surface area contributed by atoms with Crippen molar-refractivity contribution < 1.29 is 4.74 Å². The van der Waals surface area contributed by atoms with E-state index >= 15 is 0 Å². The van der Waals surface area contributed by atoms with E-state index in [0.717, 1.165) is 5.69 Å². The molecular weight excluding hydrogens is 262 g/mol. The molecule has 0 aromatic heterocycles. The van der Waals surface area contributed by atoms with E-state index in [-0.39, 0.29) is 5.54 Å². The van der Waals surface area contributed by atoms with Gasteiger partial charge in [-0.05, 0) is 23.3 Å². The molecule has 2 N–H and O–H groups in total. The summed E-state index contributed by atoms with van der Waals surface area (Å²) in [5.74, 6) is 0.557. The van der Waals surface area contributed by atoms with Crippen LogP contribution in [0.25, 0.3) is 0 Å². The molecule has 2 aliphatic rings. The molecule has 0 aliphatic carbocycles. The predicted octanol–water partition coefficient (Wildman–Crippen LogP) is 2.25. The van der Waals surface area contributed by atoms with Crippen LogP contribution < -0.4 is 10.6 Å². The monoisotopic (exact) mass is 279 g/mol. The molecule has 2 aromatic carbocycles. The molecule has 0 fully saturated rings. The molecule has 2 aromatic rings. The van der Waals surface area contributed by atoms with E-state index in [1.54, 1.807) is 0 Å². The molecule has 106 valence electrons. The maximum atomic E-state index is 6.19. The maximum Gasteiger partial charge on any atom is 0.196 e. The van der Waals surface area contributed by atoms with E-state index in [2.05, 4.69) is 40.2 Å². The standard InChI is InChI=1S/C17H17N3O/c18-16-19-11-17(20(16)14-7-2-1-3-8-14)12-21-10-13-6-4-5-9-15(13)17/h1-9H,10-12H2,(H2,18,19). The largest absolute Gasteiger partial charge is 0.374 e. The highest BCUT2D eigenvalue weighted by atomic mass is 16.5. The van der Waals surface area contributed by atoms with Crippen LogP contribution in [0.1, 0.15) is 11.1 Å². The Bertz CT molecular complexity index is 698. The van der Waals surface area contributed by atoms with Crippen molar-refractivity contribution in [2.24, 2.45) is 10.7 Å². The number of benzene rings is 2.